The van der Waals surface area contributed by atoms with Gasteiger partial charge >= 0.3 is 0 Å². The van der Waals surface area contributed by atoms with Gasteiger partial charge in [0.15, 0.2) is 0 Å². The topological polar surface area (TPSA) is 99.8 Å². The zero-order valence-corrected chi connectivity index (χ0v) is 20.2. The maximum absolute atomic E-state index is 12.7. The van der Waals surface area contributed by atoms with Crippen LogP contribution in [0.1, 0.15) is 43.0 Å². The Morgan fingerprint density at radius 1 is 0.861 bits per heavy atom. The van der Waals surface area contributed by atoms with Crippen molar-refractivity contribution < 1.29 is 9.59 Å². The van der Waals surface area contributed by atoms with Crippen molar-refractivity contribution in [2.75, 3.05) is 10.6 Å². The predicted octanol–water partition coefficient (Wildman–Crippen LogP) is 6.16. The van der Waals surface area contributed by atoms with Crippen molar-refractivity contribution in [2.24, 2.45) is 11.8 Å². The van der Waals surface area contributed by atoms with E-state index in [0.29, 0.717) is 17.2 Å². The monoisotopic (exact) mass is 479 g/mol. The van der Waals surface area contributed by atoms with Gasteiger partial charge in [-0.2, -0.15) is 0 Å². The van der Waals surface area contributed by atoms with E-state index in [4.69, 9.17) is 0 Å². The van der Waals surface area contributed by atoms with E-state index in [1.54, 1.807) is 24.5 Å². The third-order valence-electron chi connectivity index (χ3n) is 6.83. The summed E-state index contributed by atoms with van der Waals surface area (Å²) < 4.78 is 0. The molecule has 1 fully saturated rings. The number of nitrogens with zero attached hydrogens (tertiary/aromatic N) is 2. The Morgan fingerprint density at radius 2 is 1.56 bits per heavy atom. The number of imidazole rings is 1. The molecule has 1 aliphatic rings. The van der Waals surface area contributed by atoms with Crippen LogP contribution in [0.3, 0.4) is 0 Å². The van der Waals surface area contributed by atoms with Crippen LogP contribution in [0.15, 0.2) is 79.3 Å². The van der Waals surface area contributed by atoms with Crippen molar-refractivity contribution in [3.05, 3.63) is 84.8 Å². The van der Waals surface area contributed by atoms with Crippen LogP contribution in [0.25, 0.3) is 22.6 Å². The van der Waals surface area contributed by atoms with Gasteiger partial charge in [-0.1, -0.05) is 31.9 Å². The van der Waals surface area contributed by atoms with E-state index in [-0.39, 0.29) is 17.7 Å². The Kier molecular flexibility index (Phi) is 6.89. The molecule has 2 aromatic carbocycles. The molecule has 182 valence electrons. The Bertz CT molecular complexity index is 1330. The minimum absolute atomic E-state index is 0.0983. The average molecular weight is 480 g/mol. The highest BCUT2D eigenvalue weighted by Crippen LogP contribution is 2.31. The van der Waals surface area contributed by atoms with Gasteiger partial charge in [-0.15, -0.1) is 0 Å². The molecular weight excluding hydrogens is 450 g/mol. The fraction of sp³-hybridized carbons (Fsp3) is 0.241. The number of anilines is 2. The summed E-state index contributed by atoms with van der Waals surface area (Å²) >= 11 is 0. The van der Waals surface area contributed by atoms with Crippen LogP contribution in [-0.4, -0.2) is 26.8 Å². The fourth-order valence-electron chi connectivity index (χ4n) is 4.70. The summed E-state index contributed by atoms with van der Waals surface area (Å²) in [5.74, 6) is 1.20. The Balaban J connectivity index is 1.22. The van der Waals surface area contributed by atoms with Gasteiger partial charge in [0.25, 0.3) is 5.91 Å². The zero-order chi connectivity index (χ0) is 24.9. The van der Waals surface area contributed by atoms with Crippen LogP contribution in [0.4, 0.5) is 11.4 Å². The third kappa shape index (κ3) is 5.35. The van der Waals surface area contributed by atoms with Gasteiger partial charge in [0.2, 0.25) is 5.91 Å². The van der Waals surface area contributed by atoms with E-state index in [9.17, 15) is 9.59 Å². The minimum atomic E-state index is -0.201. The van der Waals surface area contributed by atoms with Gasteiger partial charge in [-0.3, -0.25) is 14.6 Å². The molecule has 2 aromatic heterocycles. The number of nitrogens with one attached hydrogen (secondary N) is 3. The van der Waals surface area contributed by atoms with Crippen molar-refractivity contribution in [3.8, 4) is 22.6 Å². The number of H-pyrrole nitrogens is 1. The van der Waals surface area contributed by atoms with Gasteiger partial charge in [-0.05, 0) is 72.9 Å². The molecule has 0 radical (unpaired) electrons. The second-order valence-corrected chi connectivity index (χ2v) is 9.35. The summed E-state index contributed by atoms with van der Waals surface area (Å²) in [6, 6.07) is 18.8. The predicted molar refractivity (Wildman–Crippen MR) is 141 cm³/mol. The number of hydrogen-bond donors (Lipinski definition) is 3. The number of aromatic nitrogens is 3. The van der Waals surface area contributed by atoms with Crippen LogP contribution in [0.2, 0.25) is 0 Å². The molecule has 1 aliphatic carbocycles. The second-order valence-electron chi connectivity index (χ2n) is 9.35. The van der Waals surface area contributed by atoms with E-state index < -0.39 is 0 Å². The SMILES string of the molecule is CC1CCCCC1C(=O)Nc1ccc(-c2ncc(-c3ccc(NC(=O)c4cccnc4)cc3)[nH]2)cc1. The molecule has 2 unspecified atom stereocenters. The third-order valence-corrected chi connectivity index (χ3v) is 6.83. The molecule has 0 bridgehead atoms. The van der Waals surface area contributed by atoms with E-state index in [1.807, 2.05) is 48.5 Å². The normalized spacial score (nSPS) is 17.4. The van der Waals surface area contributed by atoms with Gasteiger partial charge in [-0.25, -0.2) is 4.98 Å². The Hall–Kier alpha value is -4.26. The number of carbonyl (C=O) groups is 2. The highest BCUT2D eigenvalue weighted by atomic mass is 16.2. The summed E-state index contributed by atoms with van der Waals surface area (Å²) in [4.78, 5) is 36.9. The summed E-state index contributed by atoms with van der Waals surface area (Å²) in [5, 5.41) is 5.95. The molecule has 36 heavy (non-hydrogen) atoms. The molecule has 4 aromatic rings. The van der Waals surface area contributed by atoms with E-state index >= 15 is 0 Å². The first kappa shape index (κ1) is 23.5. The van der Waals surface area contributed by atoms with Gasteiger partial charge in [0.1, 0.15) is 5.82 Å². The second kappa shape index (κ2) is 10.6. The number of benzene rings is 2. The Labute approximate surface area is 210 Å². The van der Waals surface area contributed by atoms with Crippen LogP contribution < -0.4 is 10.6 Å². The maximum Gasteiger partial charge on any atom is 0.257 e. The molecule has 3 N–H and O–H groups in total. The molecule has 0 spiro atoms. The molecule has 2 atom stereocenters. The Morgan fingerprint density at radius 3 is 2.25 bits per heavy atom. The fourth-order valence-corrected chi connectivity index (χ4v) is 4.70. The van der Waals surface area contributed by atoms with E-state index in [1.165, 1.54) is 12.6 Å². The molecule has 1 saturated carbocycles. The van der Waals surface area contributed by atoms with Crippen LogP contribution in [0.5, 0.6) is 0 Å². The van der Waals surface area contributed by atoms with Crippen molar-refractivity contribution in [3.63, 3.8) is 0 Å². The van der Waals surface area contributed by atoms with E-state index in [2.05, 4.69) is 32.5 Å². The molecule has 7 heteroatoms. The molecular formula is C29H29N5O2. The number of amides is 2. The molecule has 2 amide bonds. The van der Waals surface area contributed by atoms with Crippen molar-refractivity contribution in [1.29, 1.82) is 0 Å². The smallest absolute Gasteiger partial charge is 0.257 e. The summed E-state index contributed by atoms with van der Waals surface area (Å²) in [6.45, 7) is 2.17. The molecule has 0 aliphatic heterocycles. The first-order valence-corrected chi connectivity index (χ1v) is 12.3. The highest BCUT2D eigenvalue weighted by molar-refractivity contribution is 6.04. The highest BCUT2D eigenvalue weighted by Gasteiger charge is 2.27. The lowest BCUT2D eigenvalue weighted by Gasteiger charge is -2.27. The maximum atomic E-state index is 12.7. The van der Waals surface area contributed by atoms with Gasteiger partial charge in [0.05, 0.1) is 17.5 Å². The number of pyridine rings is 1. The number of rotatable bonds is 6. The minimum Gasteiger partial charge on any atom is -0.338 e. The van der Waals surface area contributed by atoms with E-state index in [0.717, 1.165) is 47.6 Å². The zero-order valence-electron chi connectivity index (χ0n) is 20.2. The van der Waals surface area contributed by atoms with Gasteiger partial charge in [0, 0.05) is 35.2 Å². The van der Waals surface area contributed by atoms with Crippen LogP contribution >= 0.6 is 0 Å². The molecule has 7 nitrogen and oxygen atoms in total. The summed E-state index contributed by atoms with van der Waals surface area (Å²) in [5.41, 5.74) is 4.78. The molecule has 5 rings (SSSR count). The number of hydrogen-bond acceptors (Lipinski definition) is 4. The van der Waals surface area contributed by atoms with Crippen molar-refractivity contribution >= 4 is 23.2 Å². The number of carbonyl (C=O) groups excluding carboxylic acids is 2. The van der Waals surface area contributed by atoms with Crippen LogP contribution in [-0.2, 0) is 4.79 Å². The summed E-state index contributed by atoms with van der Waals surface area (Å²) in [6.07, 6.45) is 9.41. The lowest BCUT2D eigenvalue weighted by Crippen LogP contribution is -2.30. The average Bonchev–Trinajstić information content (AvgIpc) is 3.41. The standard InChI is InChI=1S/C29H29N5O2/c1-19-5-2-3-7-25(19)29(36)33-24-14-10-21(11-15-24)27-31-18-26(34-27)20-8-12-23(13-9-20)32-28(35)22-6-4-16-30-17-22/h4,6,8-19,25H,2-3,5,7H2,1H3,(H,31,34)(H,32,35)(H,33,36). The van der Waals surface area contributed by atoms with Crippen molar-refractivity contribution in [1.82, 2.24) is 15.0 Å². The largest absolute Gasteiger partial charge is 0.338 e. The lowest BCUT2D eigenvalue weighted by atomic mass is 9.80. The summed E-state index contributed by atoms with van der Waals surface area (Å²) in [7, 11) is 0. The molecule has 0 saturated heterocycles. The molecule has 2 heterocycles. The first-order chi connectivity index (χ1) is 17.6. The quantitative estimate of drug-likeness (QED) is 0.308. The first-order valence-electron chi connectivity index (χ1n) is 12.3. The van der Waals surface area contributed by atoms with Crippen LogP contribution in [0, 0.1) is 11.8 Å². The lowest BCUT2D eigenvalue weighted by molar-refractivity contribution is -0.122. The van der Waals surface area contributed by atoms with Gasteiger partial charge < -0.3 is 15.6 Å². The van der Waals surface area contributed by atoms with Crippen molar-refractivity contribution in [2.45, 2.75) is 32.6 Å². The number of aromatic amines is 1.